The molecular formula is C14H14N4O. The molecule has 3 rings (SSSR count). The highest BCUT2D eigenvalue weighted by Crippen LogP contribution is 2.23. The fourth-order valence-electron chi connectivity index (χ4n) is 2.22. The van der Waals surface area contributed by atoms with Gasteiger partial charge in [0.1, 0.15) is 5.82 Å². The molecule has 19 heavy (non-hydrogen) atoms. The summed E-state index contributed by atoms with van der Waals surface area (Å²) >= 11 is 0. The van der Waals surface area contributed by atoms with Gasteiger partial charge in [0.25, 0.3) is 5.91 Å². The molecule has 0 aliphatic heterocycles. The van der Waals surface area contributed by atoms with Crippen LogP contribution in [-0.4, -0.2) is 21.1 Å². The first-order valence-corrected chi connectivity index (χ1v) is 6.05. The van der Waals surface area contributed by atoms with Crippen molar-refractivity contribution < 1.29 is 4.79 Å². The van der Waals surface area contributed by atoms with Crippen molar-refractivity contribution in [2.24, 2.45) is 0 Å². The molecule has 96 valence electrons. The molecular weight excluding hydrogens is 240 g/mol. The van der Waals surface area contributed by atoms with Crippen molar-refractivity contribution in [1.29, 1.82) is 0 Å². The number of nitrogens with zero attached hydrogens (tertiary/aromatic N) is 1. The molecule has 0 aliphatic carbocycles. The van der Waals surface area contributed by atoms with E-state index in [0.717, 1.165) is 22.2 Å². The molecule has 5 nitrogen and oxygen atoms in total. The predicted octanol–water partition coefficient (Wildman–Crippen LogP) is 2.76. The molecule has 3 N–H and O–H groups in total. The molecule has 0 saturated carbocycles. The van der Waals surface area contributed by atoms with Crippen LogP contribution in [-0.2, 0) is 0 Å². The number of carbonyl (C=O) groups is 1. The van der Waals surface area contributed by atoms with Crippen molar-refractivity contribution in [3.8, 4) is 0 Å². The van der Waals surface area contributed by atoms with Crippen LogP contribution in [0.15, 0.2) is 30.5 Å². The van der Waals surface area contributed by atoms with Gasteiger partial charge in [-0.2, -0.15) is 5.10 Å². The van der Waals surface area contributed by atoms with Crippen LogP contribution < -0.4 is 5.32 Å². The quantitative estimate of drug-likeness (QED) is 0.658. The summed E-state index contributed by atoms with van der Waals surface area (Å²) in [6, 6.07) is 7.76. The number of aryl methyl sites for hydroxylation is 2. The molecule has 2 aromatic heterocycles. The highest BCUT2D eigenvalue weighted by Gasteiger charge is 2.16. The number of benzene rings is 1. The second-order valence-electron chi connectivity index (χ2n) is 4.55. The first-order valence-electron chi connectivity index (χ1n) is 6.05. The smallest absolute Gasteiger partial charge is 0.259 e. The summed E-state index contributed by atoms with van der Waals surface area (Å²) in [7, 11) is 0. The molecule has 3 aromatic rings. The molecule has 0 bridgehead atoms. The zero-order valence-electron chi connectivity index (χ0n) is 10.7. The maximum atomic E-state index is 12.4. The van der Waals surface area contributed by atoms with E-state index in [9.17, 15) is 4.79 Å². The van der Waals surface area contributed by atoms with Gasteiger partial charge in [-0.25, -0.2) is 0 Å². The molecule has 1 aromatic carbocycles. The van der Waals surface area contributed by atoms with E-state index in [1.165, 1.54) is 0 Å². The van der Waals surface area contributed by atoms with E-state index in [0.29, 0.717) is 11.4 Å². The number of aromatic nitrogens is 3. The minimum absolute atomic E-state index is 0.137. The number of anilines is 1. The lowest BCUT2D eigenvalue weighted by Gasteiger charge is -2.04. The number of amides is 1. The van der Waals surface area contributed by atoms with Crippen LogP contribution in [0.4, 0.5) is 5.82 Å². The topological polar surface area (TPSA) is 73.6 Å². The average Bonchev–Trinajstić information content (AvgIpc) is 2.92. The summed E-state index contributed by atoms with van der Waals surface area (Å²) in [5, 5.41) is 10.4. The predicted molar refractivity (Wildman–Crippen MR) is 74.3 cm³/mol. The minimum Gasteiger partial charge on any atom is -0.358 e. The van der Waals surface area contributed by atoms with Crippen molar-refractivity contribution in [3.63, 3.8) is 0 Å². The van der Waals surface area contributed by atoms with Crippen LogP contribution >= 0.6 is 0 Å². The van der Waals surface area contributed by atoms with Crippen LogP contribution in [0.5, 0.6) is 0 Å². The monoisotopic (exact) mass is 254 g/mol. The molecule has 0 saturated heterocycles. The van der Waals surface area contributed by atoms with Crippen molar-refractivity contribution in [2.45, 2.75) is 13.8 Å². The molecule has 5 heteroatoms. The molecule has 1 amide bonds. The Morgan fingerprint density at radius 1 is 1.26 bits per heavy atom. The van der Waals surface area contributed by atoms with Gasteiger partial charge in [0.15, 0.2) is 0 Å². The van der Waals surface area contributed by atoms with E-state index in [4.69, 9.17) is 0 Å². The van der Waals surface area contributed by atoms with Crippen molar-refractivity contribution >= 4 is 22.6 Å². The molecule has 0 aliphatic rings. The Morgan fingerprint density at radius 2 is 2.05 bits per heavy atom. The zero-order valence-corrected chi connectivity index (χ0v) is 10.7. The van der Waals surface area contributed by atoms with Crippen LogP contribution in [0.25, 0.3) is 10.9 Å². The van der Waals surface area contributed by atoms with Gasteiger partial charge in [-0.05, 0) is 19.9 Å². The Bertz CT molecular complexity index is 754. The van der Waals surface area contributed by atoms with Gasteiger partial charge in [-0.15, -0.1) is 0 Å². The molecule has 0 spiro atoms. The highest BCUT2D eigenvalue weighted by molar-refractivity contribution is 6.13. The third-order valence-electron chi connectivity index (χ3n) is 3.19. The lowest BCUT2D eigenvalue weighted by Crippen LogP contribution is -2.13. The summed E-state index contributed by atoms with van der Waals surface area (Å²) in [5.74, 6) is 0.497. The second kappa shape index (κ2) is 4.28. The molecule has 0 atom stereocenters. The number of hydrogen-bond acceptors (Lipinski definition) is 2. The average molecular weight is 254 g/mol. The Hall–Kier alpha value is -2.56. The van der Waals surface area contributed by atoms with E-state index in [1.54, 1.807) is 6.20 Å². The molecule has 0 radical (unpaired) electrons. The summed E-state index contributed by atoms with van der Waals surface area (Å²) < 4.78 is 0. The van der Waals surface area contributed by atoms with E-state index in [2.05, 4.69) is 20.5 Å². The van der Waals surface area contributed by atoms with Crippen molar-refractivity contribution in [3.05, 3.63) is 47.3 Å². The van der Waals surface area contributed by atoms with Crippen LogP contribution in [0.1, 0.15) is 21.6 Å². The number of fused-ring (bicyclic) bond motifs is 1. The molecule has 2 heterocycles. The molecule has 0 unspecified atom stereocenters. The van der Waals surface area contributed by atoms with Gasteiger partial charge in [-0.3, -0.25) is 9.89 Å². The fourth-order valence-corrected chi connectivity index (χ4v) is 2.22. The zero-order chi connectivity index (χ0) is 13.4. The highest BCUT2D eigenvalue weighted by atomic mass is 16.1. The SMILES string of the molecule is Cc1cn[nH]c1NC(=O)c1c(C)[nH]c2ccccc12. The van der Waals surface area contributed by atoms with Gasteiger partial charge in [0.05, 0.1) is 11.8 Å². The summed E-state index contributed by atoms with van der Waals surface area (Å²) in [5.41, 5.74) is 3.40. The van der Waals surface area contributed by atoms with Crippen LogP contribution in [0, 0.1) is 13.8 Å². The third-order valence-corrected chi connectivity index (χ3v) is 3.19. The summed E-state index contributed by atoms with van der Waals surface area (Å²) in [4.78, 5) is 15.6. The Labute approximate surface area is 110 Å². The number of rotatable bonds is 2. The third kappa shape index (κ3) is 1.89. The second-order valence-corrected chi connectivity index (χ2v) is 4.55. The van der Waals surface area contributed by atoms with Gasteiger partial charge in [0, 0.05) is 22.2 Å². The number of nitrogens with one attached hydrogen (secondary N) is 3. The van der Waals surface area contributed by atoms with Gasteiger partial charge < -0.3 is 10.3 Å². The van der Waals surface area contributed by atoms with Gasteiger partial charge in [0.2, 0.25) is 0 Å². The standard InChI is InChI=1S/C14H14N4O/c1-8-7-15-18-13(8)17-14(19)12-9(2)16-11-6-4-3-5-10(11)12/h3-7,16H,1-2H3,(H2,15,17,18,19). The Balaban J connectivity index is 2.02. The number of aromatic amines is 2. The maximum Gasteiger partial charge on any atom is 0.259 e. The minimum atomic E-state index is -0.137. The lowest BCUT2D eigenvalue weighted by molar-refractivity contribution is 0.102. The number of para-hydroxylation sites is 1. The van der Waals surface area contributed by atoms with E-state index < -0.39 is 0 Å². The fraction of sp³-hybridized carbons (Fsp3) is 0.143. The first kappa shape index (κ1) is 11.5. The van der Waals surface area contributed by atoms with Gasteiger partial charge >= 0.3 is 0 Å². The largest absolute Gasteiger partial charge is 0.358 e. The number of carbonyl (C=O) groups excluding carboxylic acids is 1. The van der Waals surface area contributed by atoms with E-state index in [-0.39, 0.29) is 5.91 Å². The molecule has 0 fully saturated rings. The first-order chi connectivity index (χ1) is 9.16. The van der Waals surface area contributed by atoms with Gasteiger partial charge in [-0.1, -0.05) is 18.2 Å². The normalized spacial score (nSPS) is 10.8. The van der Waals surface area contributed by atoms with Crippen LogP contribution in [0.2, 0.25) is 0 Å². The van der Waals surface area contributed by atoms with Crippen molar-refractivity contribution in [1.82, 2.24) is 15.2 Å². The van der Waals surface area contributed by atoms with E-state index >= 15 is 0 Å². The summed E-state index contributed by atoms with van der Waals surface area (Å²) in [6.45, 7) is 3.79. The van der Waals surface area contributed by atoms with Crippen LogP contribution in [0.3, 0.4) is 0 Å². The Kier molecular flexibility index (Phi) is 2.59. The number of hydrogen-bond donors (Lipinski definition) is 3. The summed E-state index contributed by atoms with van der Waals surface area (Å²) in [6.07, 6.45) is 1.68. The van der Waals surface area contributed by atoms with E-state index in [1.807, 2.05) is 38.1 Å². The number of H-pyrrole nitrogens is 2. The lowest BCUT2D eigenvalue weighted by atomic mass is 10.1. The maximum absolute atomic E-state index is 12.4. The van der Waals surface area contributed by atoms with Crippen molar-refractivity contribution in [2.75, 3.05) is 5.32 Å². The Morgan fingerprint density at radius 3 is 2.79 bits per heavy atom.